The molecule has 1 aromatic carbocycles. The lowest BCUT2D eigenvalue weighted by atomic mass is 10.2. The summed E-state index contributed by atoms with van der Waals surface area (Å²) < 4.78 is 21.7. The van der Waals surface area contributed by atoms with Gasteiger partial charge in [-0.3, -0.25) is 0 Å². The molecule has 148 valence electrons. The fourth-order valence-electron chi connectivity index (χ4n) is 2.60. The van der Waals surface area contributed by atoms with E-state index in [4.69, 9.17) is 18.4 Å². The number of thiophene rings is 1. The zero-order valence-electron chi connectivity index (χ0n) is 15.7. The average molecular weight is 411 g/mol. The van der Waals surface area contributed by atoms with Crippen molar-refractivity contribution < 1.29 is 23.2 Å². The zero-order valence-corrected chi connectivity index (χ0v) is 16.6. The predicted molar refractivity (Wildman–Crippen MR) is 103 cm³/mol. The number of carbonyl (C=O) groups excluding carboxylic acids is 1. The van der Waals surface area contributed by atoms with E-state index in [9.17, 15) is 4.79 Å². The molecular weight excluding hydrogens is 394 g/mol. The molecule has 0 aliphatic heterocycles. The van der Waals surface area contributed by atoms with Gasteiger partial charge in [-0.25, -0.2) is 4.79 Å². The highest BCUT2D eigenvalue weighted by Gasteiger charge is 2.14. The van der Waals surface area contributed by atoms with E-state index in [0.717, 1.165) is 16.1 Å². The van der Waals surface area contributed by atoms with Crippen LogP contribution in [0.5, 0.6) is 5.75 Å². The lowest BCUT2D eigenvalue weighted by Crippen LogP contribution is -2.06. The van der Waals surface area contributed by atoms with Gasteiger partial charge in [0.2, 0.25) is 0 Å². The second-order valence-corrected chi connectivity index (χ2v) is 7.12. The molecule has 4 rings (SSSR count). The Kier molecular flexibility index (Phi) is 5.39. The monoisotopic (exact) mass is 411 g/mol. The number of hydrogen-bond donors (Lipinski definition) is 0. The van der Waals surface area contributed by atoms with Crippen molar-refractivity contribution in [1.82, 2.24) is 15.4 Å². The van der Waals surface area contributed by atoms with Gasteiger partial charge in [-0.1, -0.05) is 17.3 Å². The van der Waals surface area contributed by atoms with Crippen LogP contribution in [0.3, 0.4) is 0 Å². The fraction of sp³-hybridized carbons (Fsp3) is 0.200. The Morgan fingerprint density at radius 1 is 1.14 bits per heavy atom. The van der Waals surface area contributed by atoms with Crippen LogP contribution in [0.1, 0.15) is 33.3 Å². The molecular formula is C20H17N3O5S. The summed E-state index contributed by atoms with van der Waals surface area (Å²) >= 11 is 1.49. The Labute approximate surface area is 170 Å². The summed E-state index contributed by atoms with van der Waals surface area (Å²) in [6.07, 6.45) is 0. The molecule has 0 aliphatic carbocycles. The number of aromatic nitrogens is 3. The maximum Gasteiger partial charge on any atom is 0.338 e. The third-order valence-electron chi connectivity index (χ3n) is 4.16. The maximum atomic E-state index is 12.4. The second kappa shape index (κ2) is 8.27. The van der Waals surface area contributed by atoms with E-state index in [2.05, 4.69) is 15.4 Å². The number of esters is 1. The van der Waals surface area contributed by atoms with Crippen LogP contribution in [-0.4, -0.2) is 21.3 Å². The first-order valence-electron chi connectivity index (χ1n) is 8.78. The van der Waals surface area contributed by atoms with Crippen molar-refractivity contribution in [3.05, 3.63) is 70.3 Å². The van der Waals surface area contributed by atoms with E-state index < -0.39 is 5.97 Å². The van der Waals surface area contributed by atoms with Gasteiger partial charge in [0.1, 0.15) is 18.1 Å². The molecule has 8 nitrogen and oxygen atoms in total. The summed E-state index contributed by atoms with van der Waals surface area (Å²) in [7, 11) is 0. The fourth-order valence-corrected chi connectivity index (χ4v) is 3.24. The van der Waals surface area contributed by atoms with Crippen LogP contribution in [0.2, 0.25) is 0 Å². The van der Waals surface area contributed by atoms with Gasteiger partial charge in [0.15, 0.2) is 6.61 Å². The highest BCUT2D eigenvalue weighted by Crippen LogP contribution is 2.23. The van der Waals surface area contributed by atoms with Gasteiger partial charge in [0, 0.05) is 0 Å². The summed E-state index contributed by atoms with van der Waals surface area (Å²) in [5, 5.41) is 13.7. The lowest BCUT2D eigenvalue weighted by Gasteiger charge is -2.07. The summed E-state index contributed by atoms with van der Waals surface area (Å²) in [6, 6.07) is 10.5. The molecule has 29 heavy (non-hydrogen) atoms. The van der Waals surface area contributed by atoms with Crippen molar-refractivity contribution in [2.45, 2.75) is 27.1 Å². The predicted octanol–water partition coefficient (Wildman–Crippen LogP) is 4.34. The molecule has 0 saturated heterocycles. The number of ether oxygens (including phenoxy) is 2. The van der Waals surface area contributed by atoms with Crippen LogP contribution >= 0.6 is 11.3 Å². The number of rotatable bonds is 7. The topological polar surface area (TPSA) is 100 Å². The first-order chi connectivity index (χ1) is 14.1. The molecule has 0 amide bonds. The first kappa shape index (κ1) is 18.9. The van der Waals surface area contributed by atoms with Crippen molar-refractivity contribution in [1.29, 1.82) is 0 Å². The largest absolute Gasteiger partial charge is 0.489 e. The van der Waals surface area contributed by atoms with Gasteiger partial charge in [-0.05, 0) is 43.5 Å². The first-order valence-corrected chi connectivity index (χ1v) is 9.66. The molecule has 3 aromatic heterocycles. The van der Waals surface area contributed by atoms with Crippen LogP contribution in [0.15, 0.2) is 50.7 Å². The van der Waals surface area contributed by atoms with Gasteiger partial charge in [0.05, 0.1) is 21.7 Å². The van der Waals surface area contributed by atoms with Crippen LogP contribution in [-0.2, 0) is 18.0 Å². The molecule has 0 unspecified atom stereocenters. The average Bonchev–Trinajstić information content (AvgIpc) is 3.47. The van der Waals surface area contributed by atoms with Crippen LogP contribution in [0.25, 0.3) is 10.8 Å². The Bertz CT molecular complexity index is 1100. The SMILES string of the molecule is Cc1noc(C)c1COc1cccc(C(=O)OCc2nnc(-c3cccs3)o2)c1. The Morgan fingerprint density at radius 3 is 2.79 bits per heavy atom. The van der Waals surface area contributed by atoms with E-state index in [1.807, 2.05) is 31.4 Å². The zero-order chi connectivity index (χ0) is 20.2. The third kappa shape index (κ3) is 4.35. The Morgan fingerprint density at radius 2 is 2.03 bits per heavy atom. The van der Waals surface area contributed by atoms with Crippen molar-refractivity contribution in [3.8, 4) is 16.5 Å². The minimum Gasteiger partial charge on any atom is -0.489 e. The third-order valence-corrected chi connectivity index (χ3v) is 5.02. The van der Waals surface area contributed by atoms with Gasteiger partial charge >= 0.3 is 5.97 Å². The van der Waals surface area contributed by atoms with Crippen LogP contribution in [0, 0.1) is 13.8 Å². The highest BCUT2D eigenvalue weighted by atomic mass is 32.1. The molecule has 3 heterocycles. The van der Waals surface area contributed by atoms with E-state index >= 15 is 0 Å². The quantitative estimate of drug-likeness (QED) is 0.414. The lowest BCUT2D eigenvalue weighted by molar-refractivity contribution is 0.0438. The molecule has 0 aliphatic rings. The minimum atomic E-state index is -0.510. The summed E-state index contributed by atoms with van der Waals surface area (Å²) in [6.45, 7) is 3.87. The Hall–Kier alpha value is -3.46. The number of carbonyl (C=O) groups is 1. The molecule has 0 radical (unpaired) electrons. The van der Waals surface area contributed by atoms with Crippen molar-refractivity contribution >= 4 is 17.3 Å². The summed E-state index contributed by atoms with van der Waals surface area (Å²) in [5.41, 5.74) is 2.02. The number of hydrogen-bond acceptors (Lipinski definition) is 9. The molecule has 0 atom stereocenters. The Balaban J connectivity index is 1.36. The minimum absolute atomic E-state index is 0.110. The second-order valence-electron chi connectivity index (χ2n) is 6.17. The van der Waals surface area contributed by atoms with Gasteiger partial charge in [0.25, 0.3) is 11.8 Å². The number of aryl methyl sites for hydroxylation is 2. The number of nitrogens with zero attached hydrogens (tertiary/aromatic N) is 3. The van der Waals surface area contributed by atoms with Crippen LogP contribution in [0.4, 0.5) is 0 Å². The molecule has 0 saturated carbocycles. The molecule has 4 aromatic rings. The smallest absolute Gasteiger partial charge is 0.338 e. The van der Waals surface area contributed by atoms with Crippen molar-refractivity contribution in [2.75, 3.05) is 0 Å². The van der Waals surface area contributed by atoms with Crippen molar-refractivity contribution in [3.63, 3.8) is 0 Å². The standard InChI is InChI=1S/C20H17N3O5S/c1-12-16(13(2)28-23-12)10-25-15-6-3-5-14(9-15)20(24)26-11-18-21-22-19(27-18)17-7-4-8-29-17/h3-9H,10-11H2,1-2H3. The van der Waals surface area contributed by atoms with Gasteiger partial charge in [-0.15, -0.1) is 21.5 Å². The normalized spacial score (nSPS) is 10.8. The molecule has 0 fully saturated rings. The molecule has 9 heteroatoms. The van der Waals surface area contributed by atoms with E-state index in [1.54, 1.807) is 24.3 Å². The van der Waals surface area contributed by atoms with Gasteiger partial charge < -0.3 is 18.4 Å². The maximum absolute atomic E-state index is 12.4. The number of benzene rings is 1. The molecule has 0 N–H and O–H groups in total. The molecule has 0 bridgehead atoms. The highest BCUT2D eigenvalue weighted by molar-refractivity contribution is 7.13. The molecule has 0 spiro atoms. The van der Waals surface area contributed by atoms with E-state index in [1.165, 1.54) is 11.3 Å². The summed E-state index contributed by atoms with van der Waals surface area (Å²) in [5.74, 6) is 1.37. The summed E-state index contributed by atoms with van der Waals surface area (Å²) in [4.78, 5) is 13.2. The van der Waals surface area contributed by atoms with Crippen LogP contribution < -0.4 is 4.74 Å². The van der Waals surface area contributed by atoms with Crippen molar-refractivity contribution in [2.24, 2.45) is 0 Å². The van der Waals surface area contributed by atoms with E-state index in [-0.39, 0.29) is 12.5 Å². The van der Waals surface area contributed by atoms with E-state index in [0.29, 0.717) is 29.6 Å². The van der Waals surface area contributed by atoms with Gasteiger partial charge in [-0.2, -0.15) is 0 Å².